The Kier molecular flexibility index (Phi) is 6.48. The standard InChI is InChI=1S/C28H50O/c1-19(2)10-9-11-20(3)22-13-14-23-21-18-26(29-6)25-12-7-8-16-27(25,4)24(21)15-17-28(22,23)5/h19-26H,7-18H2,1-6H3/t20-,21+,22-,23+,24+,25?,26-,27-,28-/m1/s1. The fraction of sp³-hybridized carbons (Fsp3) is 1.00. The van der Waals surface area contributed by atoms with Crippen molar-refractivity contribution in [3.8, 4) is 0 Å². The zero-order valence-electron chi connectivity index (χ0n) is 20.5. The van der Waals surface area contributed by atoms with Crippen LogP contribution in [-0.4, -0.2) is 13.2 Å². The average Bonchev–Trinajstić information content (AvgIpc) is 3.04. The molecule has 0 saturated heterocycles. The van der Waals surface area contributed by atoms with Gasteiger partial charge in [-0.3, -0.25) is 0 Å². The van der Waals surface area contributed by atoms with Crippen molar-refractivity contribution < 1.29 is 4.74 Å². The molecule has 4 saturated carbocycles. The monoisotopic (exact) mass is 402 g/mol. The van der Waals surface area contributed by atoms with Gasteiger partial charge in [0.15, 0.2) is 0 Å². The highest BCUT2D eigenvalue weighted by Gasteiger charge is 2.62. The van der Waals surface area contributed by atoms with Gasteiger partial charge in [-0.25, -0.2) is 0 Å². The SMILES string of the molecule is CO[C@@H]1C[C@H]2[C@@H]3CC[C@H]([C@H](C)CCCC(C)C)[C@@]3(C)CC[C@@H]2[C@@]2(C)CCCCC12. The summed E-state index contributed by atoms with van der Waals surface area (Å²) in [5, 5.41) is 0. The van der Waals surface area contributed by atoms with Crippen molar-refractivity contribution in [2.45, 2.75) is 118 Å². The van der Waals surface area contributed by atoms with Crippen molar-refractivity contribution >= 4 is 0 Å². The van der Waals surface area contributed by atoms with Crippen LogP contribution in [0.25, 0.3) is 0 Å². The lowest BCUT2D eigenvalue weighted by atomic mass is 9.44. The molecule has 1 nitrogen and oxygen atoms in total. The van der Waals surface area contributed by atoms with Gasteiger partial charge in [0.25, 0.3) is 0 Å². The molecule has 0 spiro atoms. The average molecular weight is 403 g/mol. The van der Waals surface area contributed by atoms with Crippen LogP contribution >= 0.6 is 0 Å². The molecule has 1 heteroatoms. The summed E-state index contributed by atoms with van der Waals surface area (Å²) in [6, 6.07) is 0. The van der Waals surface area contributed by atoms with Gasteiger partial charge >= 0.3 is 0 Å². The minimum Gasteiger partial charge on any atom is -0.381 e. The maximum atomic E-state index is 6.21. The quantitative estimate of drug-likeness (QED) is 0.436. The molecule has 4 rings (SSSR count). The number of fused-ring (bicyclic) bond motifs is 5. The Labute approximate surface area is 182 Å². The van der Waals surface area contributed by atoms with Crippen molar-refractivity contribution in [1.29, 1.82) is 0 Å². The van der Waals surface area contributed by atoms with Crippen LogP contribution in [0.2, 0.25) is 0 Å². The smallest absolute Gasteiger partial charge is 0.0607 e. The first kappa shape index (κ1) is 22.2. The highest BCUT2D eigenvalue weighted by Crippen LogP contribution is 2.68. The predicted octanol–water partition coefficient (Wildman–Crippen LogP) is 8.12. The summed E-state index contributed by atoms with van der Waals surface area (Å²) in [6.45, 7) is 12.8. The second-order valence-electron chi connectivity index (χ2n) is 12.8. The van der Waals surface area contributed by atoms with Gasteiger partial charge < -0.3 is 4.74 Å². The van der Waals surface area contributed by atoms with E-state index in [9.17, 15) is 0 Å². The number of ether oxygens (including phenoxy) is 1. The summed E-state index contributed by atoms with van der Waals surface area (Å²) in [6.07, 6.45) is 18.0. The minimum absolute atomic E-state index is 0.534. The molecule has 1 unspecified atom stereocenters. The highest BCUT2D eigenvalue weighted by molar-refractivity contribution is 5.11. The van der Waals surface area contributed by atoms with Crippen molar-refractivity contribution in [2.75, 3.05) is 7.11 Å². The first-order valence-corrected chi connectivity index (χ1v) is 13.3. The van der Waals surface area contributed by atoms with E-state index in [1.165, 1.54) is 77.0 Å². The Morgan fingerprint density at radius 1 is 0.828 bits per heavy atom. The molecule has 168 valence electrons. The van der Waals surface area contributed by atoms with Crippen LogP contribution in [0.3, 0.4) is 0 Å². The summed E-state index contributed by atoms with van der Waals surface area (Å²) < 4.78 is 6.21. The Morgan fingerprint density at radius 3 is 2.31 bits per heavy atom. The summed E-state index contributed by atoms with van der Waals surface area (Å²) in [5.74, 6) is 6.47. The largest absolute Gasteiger partial charge is 0.381 e. The second kappa shape index (κ2) is 8.48. The van der Waals surface area contributed by atoms with Gasteiger partial charge in [-0.2, -0.15) is 0 Å². The molecule has 0 N–H and O–H groups in total. The molecule has 9 atom stereocenters. The lowest BCUT2D eigenvalue weighted by molar-refractivity contribution is -0.167. The topological polar surface area (TPSA) is 9.23 Å². The zero-order valence-corrected chi connectivity index (χ0v) is 20.5. The Bertz CT molecular complexity index is 555. The fourth-order valence-corrected chi connectivity index (χ4v) is 9.61. The van der Waals surface area contributed by atoms with E-state index >= 15 is 0 Å². The van der Waals surface area contributed by atoms with Crippen LogP contribution in [0.5, 0.6) is 0 Å². The first-order valence-electron chi connectivity index (χ1n) is 13.3. The molecule has 0 aromatic rings. The van der Waals surface area contributed by atoms with Crippen LogP contribution in [-0.2, 0) is 4.74 Å². The molecule has 0 aromatic carbocycles. The van der Waals surface area contributed by atoms with E-state index in [0.29, 0.717) is 16.9 Å². The van der Waals surface area contributed by atoms with Gasteiger partial charge in [0.2, 0.25) is 0 Å². The lowest BCUT2D eigenvalue weighted by Gasteiger charge is -2.62. The summed E-state index contributed by atoms with van der Waals surface area (Å²) in [5.41, 5.74) is 1.17. The van der Waals surface area contributed by atoms with Crippen molar-refractivity contribution in [2.24, 2.45) is 52.3 Å². The number of rotatable bonds is 6. The van der Waals surface area contributed by atoms with Crippen molar-refractivity contribution in [3.05, 3.63) is 0 Å². The van der Waals surface area contributed by atoms with Crippen LogP contribution in [0, 0.1) is 52.3 Å². The van der Waals surface area contributed by atoms with Crippen LogP contribution < -0.4 is 0 Å². The Hall–Kier alpha value is -0.0400. The van der Waals surface area contributed by atoms with E-state index in [-0.39, 0.29) is 0 Å². The maximum absolute atomic E-state index is 6.21. The van der Waals surface area contributed by atoms with Crippen molar-refractivity contribution in [3.63, 3.8) is 0 Å². The third-order valence-electron chi connectivity index (χ3n) is 11.1. The molecule has 29 heavy (non-hydrogen) atoms. The molecule has 0 heterocycles. The molecular weight excluding hydrogens is 352 g/mol. The number of hydrogen-bond acceptors (Lipinski definition) is 1. The maximum Gasteiger partial charge on any atom is 0.0607 e. The molecular formula is C28H50O. The molecule has 4 fully saturated rings. The van der Waals surface area contributed by atoms with Gasteiger partial charge in [0.05, 0.1) is 6.10 Å². The van der Waals surface area contributed by atoms with E-state index in [0.717, 1.165) is 41.4 Å². The predicted molar refractivity (Wildman–Crippen MR) is 124 cm³/mol. The van der Waals surface area contributed by atoms with Gasteiger partial charge in [-0.05, 0) is 97.2 Å². The normalized spacial score (nSPS) is 48.1. The summed E-state index contributed by atoms with van der Waals surface area (Å²) in [4.78, 5) is 0. The van der Waals surface area contributed by atoms with E-state index in [1.54, 1.807) is 0 Å². The summed E-state index contributed by atoms with van der Waals surface area (Å²) >= 11 is 0. The molecule has 4 aliphatic rings. The van der Waals surface area contributed by atoms with Gasteiger partial charge in [-0.15, -0.1) is 0 Å². The fourth-order valence-electron chi connectivity index (χ4n) is 9.61. The zero-order chi connectivity index (χ0) is 20.8. The Morgan fingerprint density at radius 2 is 1.59 bits per heavy atom. The van der Waals surface area contributed by atoms with Crippen molar-refractivity contribution in [1.82, 2.24) is 0 Å². The third-order valence-corrected chi connectivity index (χ3v) is 11.1. The lowest BCUT2D eigenvalue weighted by Crippen LogP contribution is -2.57. The van der Waals surface area contributed by atoms with E-state index < -0.39 is 0 Å². The van der Waals surface area contributed by atoms with Gasteiger partial charge in [0, 0.05) is 7.11 Å². The molecule has 0 radical (unpaired) electrons. The Balaban J connectivity index is 1.51. The molecule has 0 aliphatic heterocycles. The van der Waals surface area contributed by atoms with E-state index in [4.69, 9.17) is 4.74 Å². The minimum atomic E-state index is 0.534. The molecule has 0 bridgehead atoms. The van der Waals surface area contributed by atoms with Gasteiger partial charge in [0.1, 0.15) is 0 Å². The number of methoxy groups -OCH3 is 1. The highest BCUT2D eigenvalue weighted by atomic mass is 16.5. The van der Waals surface area contributed by atoms with Gasteiger partial charge in [-0.1, -0.05) is 66.7 Å². The van der Waals surface area contributed by atoms with E-state index in [1.807, 2.05) is 7.11 Å². The second-order valence-corrected chi connectivity index (χ2v) is 12.8. The van der Waals surface area contributed by atoms with Crippen LogP contribution in [0.4, 0.5) is 0 Å². The summed E-state index contributed by atoms with van der Waals surface area (Å²) in [7, 11) is 2.01. The van der Waals surface area contributed by atoms with Crippen LogP contribution in [0.1, 0.15) is 112 Å². The molecule has 4 aliphatic carbocycles. The van der Waals surface area contributed by atoms with E-state index in [2.05, 4.69) is 34.6 Å². The molecule has 0 aromatic heterocycles. The number of hydrogen-bond donors (Lipinski definition) is 0. The van der Waals surface area contributed by atoms with Crippen LogP contribution in [0.15, 0.2) is 0 Å². The third kappa shape index (κ3) is 3.74. The molecule has 0 amide bonds. The first-order chi connectivity index (χ1) is 13.8.